The van der Waals surface area contributed by atoms with Crippen molar-refractivity contribution in [2.75, 3.05) is 15.5 Å². The first-order valence-electron chi connectivity index (χ1n) is 24.0. The number of fused-ring (bicyclic) bond motifs is 9. The molecule has 2 aliphatic heterocycles. The summed E-state index contributed by atoms with van der Waals surface area (Å²) in [6, 6.07) is 33.7. The molecule has 0 saturated heterocycles. The van der Waals surface area contributed by atoms with E-state index >= 15 is 0 Å². The lowest BCUT2D eigenvalue weighted by Crippen LogP contribution is -2.31. The fraction of sp³-hybridized carbons (Fsp3) is 0.213. The van der Waals surface area contributed by atoms with Gasteiger partial charge in [-0.3, -0.25) is 0 Å². The molecule has 3 atom stereocenters. The largest absolute Gasteiger partial charge is 0.399 e. The van der Waals surface area contributed by atoms with Crippen molar-refractivity contribution in [2.24, 2.45) is 5.92 Å². The highest BCUT2D eigenvalue weighted by atomic mass is 15.2. The van der Waals surface area contributed by atoms with Crippen LogP contribution >= 0.6 is 0 Å². The summed E-state index contributed by atoms with van der Waals surface area (Å²) in [5.74, 6) is 1.07. The molecule has 4 aromatic carbocycles. The number of hydrogen-bond donors (Lipinski definition) is 1. The van der Waals surface area contributed by atoms with Crippen molar-refractivity contribution in [1.82, 2.24) is 4.57 Å². The monoisotopic (exact) mass is 844 g/mol. The third-order valence-electron chi connectivity index (χ3n) is 14.6. The van der Waals surface area contributed by atoms with Crippen LogP contribution in [0.5, 0.6) is 0 Å². The molecule has 0 amide bonds. The number of nitrogens with zero attached hydrogens (tertiary/aromatic N) is 3. The van der Waals surface area contributed by atoms with Gasteiger partial charge in [-0.2, -0.15) is 0 Å². The molecular weight excluding hydrogens is 789 g/mol. The maximum Gasteiger partial charge on any atom is 0.0633 e. The molecule has 0 spiro atoms. The zero-order valence-electron chi connectivity index (χ0n) is 37.3. The standard InChI is InChI=1S/C43H38N2.C18H18N2/c1-29-18-20-31(21-19-29)33-23-25-43-39(27-33)38-26-32(30-10-3-2-4-11-30)22-24-42(38)45(43)35-13-9-12-34(28-35)44-40-16-7-5-14-36(40)37-15-6-8-17-41(37)44;19-13-10-11-18-16(12-13)15-8-4-5-9-17(15)20(18)14-6-2-1-3-7-14/h2-4,7,9-13,15-18,20-24,26-29,43H,5-6,8,14,19,25H2,1H3;2,4-7,9-12,15H,1,3,8,19H2. The highest BCUT2D eigenvalue weighted by molar-refractivity contribution is 5.96. The summed E-state index contributed by atoms with van der Waals surface area (Å²) < 4.78 is 2.52. The van der Waals surface area contributed by atoms with E-state index in [1.54, 1.807) is 0 Å². The van der Waals surface area contributed by atoms with E-state index in [2.05, 4.69) is 197 Å². The number of aromatic nitrogens is 1. The van der Waals surface area contributed by atoms with E-state index in [0.29, 0.717) is 11.8 Å². The minimum atomic E-state index is 0.268. The van der Waals surface area contributed by atoms with Gasteiger partial charge >= 0.3 is 0 Å². The van der Waals surface area contributed by atoms with Gasteiger partial charge in [-0.25, -0.2) is 0 Å². The molecule has 1 aromatic heterocycles. The van der Waals surface area contributed by atoms with E-state index in [0.717, 1.165) is 63.5 Å². The lowest BCUT2D eigenvalue weighted by Gasteiger charge is -2.30. The Labute approximate surface area is 383 Å². The number of nitrogens with two attached hydrogens (primary N) is 1. The molecule has 4 nitrogen and oxygen atoms in total. The number of anilines is 4. The predicted octanol–water partition coefficient (Wildman–Crippen LogP) is 13.5. The second kappa shape index (κ2) is 16.5. The smallest absolute Gasteiger partial charge is 0.0633 e. The van der Waals surface area contributed by atoms with Crippen LogP contribution in [0.25, 0.3) is 40.6 Å². The summed E-state index contributed by atoms with van der Waals surface area (Å²) in [5.41, 5.74) is 26.9. The van der Waals surface area contributed by atoms with Crippen LogP contribution in [0.3, 0.4) is 0 Å². The summed E-state index contributed by atoms with van der Waals surface area (Å²) in [6.45, 7) is 2.30. The van der Waals surface area contributed by atoms with Gasteiger partial charge in [0.1, 0.15) is 0 Å². The van der Waals surface area contributed by atoms with E-state index in [1.165, 1.54) is 94.9 Å². The van der Waals surface area contributed by atoms with Crippen molar-refractivity contribution in [3.05, 3.63) is 219 Å². The molecule has 2 N–H and O–H groups in total. The minimum Gasteiger partial charge on any atom is -0.399 e. The summed E-state index contributed by atoms with van der Waals surface area (Å²) >= 11 is 0. The Bertz CT molecular complexity index is 3170. The fourth-order valence-electron chi connectivity index (χ4n) is 11.5. The third kappa shape index (κ3) is 6.98. The van der Waals surface area contributed by atoms with Crippen molar-refractivity contribution in [2.45, 2.75) is 76.7 Å². The molecule has 0 fully saturated rings. The van der Waals surface area contributed by atoms with Gasteiger partial charge in [0.05, 0.1) is 6.04 Å². The first-order valence-corrected chi connectivity index (χ1v) is 24.0. The molecule has 3 unspecified atom stereocenters. The van der Waals surface area contributed by atoms with Gasteiger partial charge in [-0.1, -0.05) is 116 Å². The molecule has 5 aromatic rings. The Morgan fingerprint density at radius 1 is 0.646 bits per heavy atom. The van der Waals surface area contributed by atoms with E-state index in [1.807, 2.05) is 6.07 Å². The molecule has 0 bridgehead atoms. The second-order valence-corrected chi connectivity index (χ2v) is 18.7. The minimum absolute atomic E-state index is 0.268. The summed E-state index contributed by atoms with van der Waals surface area (Å²) in [4.78, 5) is 5.01. The van der Waals surface area contributed by atoms with Gasteiger partial charge in [0, 0.05) is 62.4 Å². The summed E-state index contributed by atoms with van der Waals surface area (Å²) in [7, 11) is 0. The van der Waals surface area contributed by atoms with Crippen molar-refractivity contribution in [1.29, 1.82) is 0 Å². The van der Waals surface area contributed by atoms with Crippen LogP contribution in [-0.2, 0) is 6.42 Å². The van der Waals surface area contributed by atoms with Crippen molar-refractivity contribution in [3.8, 4) is 16.8 Å². The van der Waals surface area contributed by atoms with Crippen LogP contribution in [0.1, 0.15) is 86.6 Å². The van der Waals surface area contributed by atoms with Crippen LogP contribution in [0, 0.1) is 5.92 Å². The maximum atomic E-state index is 5.99. The highest BCUT2D eigenvalue weighted by Gasteiger charge is 2.38. The molecule has 8 aliphatic rings. The van der Waals surface area contributed by atoms with Gasteiger partial charge < -0.3 is 20.1 Å². The van der Waals surface area contributed by atoms with Gasteiger partial charge in [0.2, 0.25) is 0 Å². The zero-order chi connectivity index (χ0) is 43.4. The van der Waals surface area contributed by atoms with E-state index in [4.69, 9.17) is 5.73 Å². The lowest BCUT2D eigenvalue weighted by molar-refractivity contribution is 0.731. The molecule has 13 rings (SSSR count). The van der Waals surface area contributed by atoms with Crippen molar-refractivity contribution in [3.63, 3.8) is 0 Å². The molecule has 3 heterocycles. The van der Waals surface area contributed by atoms with Gasteiger partial charge in [0.25, 0.3) is 0 Å². The van der Waals surface area contributed by atoms with Crippen LogP contribution < -0.4 is 26.1 Å². The average molecular weight is 845 g/mol. The van der Waals surface area contributed by atoms with Crippen LogP contribution in [0.15, 0.2) is 186 Å². The van der Waals surface area contributed by atoms with Crippen molar-refractivity contribution >= 4 is 46.6 Å². The van der Waals surface area contributed by atoms with E-state index in [9.17, 15) is 0 Å². The Morgan fingerprint density at radius 3 is 2.37 bits per heavy atom. The topological polar surface area (TPSA) is 37.4 Å². The summed E-state index contributed by atoms with van der Waals surface area (Å²) in [6.07, 6.45) is 45.1. The van der Waals surface area contributed by atoms with E-state index < -0.39 is 0 Å². The fourth-order valence-corrected chi connectivity index (χ4v) is 11.5. The molecular formula is C61H56N4. The normalized spacial score (nSPS) is 21.7. The number of hydrogen-bond acceptors (Lipinski definition) is 3. The molecule has 0 radical (unpaired) electrons. The first kappa shape index (κ1) is 39.5. The lowest BCUT2D eigenvalue weighted by atomic mass is 9.86. The Hall–Kier alpha value is -7.04. The Kier molecular flexibility index (Phi) is 10.0. The maximum absolute atomic E-state index is 5.99. The van der Waals surface area contributed by atoms with Crippen LogP contribution in [0.4, 0.5) is 22.7 Å². The Balaban J connectivity index is 0.000000185. The third-order valence-corrected chi connectivity index (χ3v) is 14.6. The number of nitrogen functional groups attached to an aromatic ring is 1. The number of benzene rings is 4. The molecule has 0 saturated carbocycles. The number of allylic oxidation sites excluding steroid dienone is 14. The van der Waals surface area contributed by atoms with Gasteiger partial charge in [-0.05, 0) is 181 Å². The van der Waals surface area contributed by atoms with Crippen molar-refractivity contribution < 1.29 is 0 Å². The van der Waals surface area contributed by atoms with E-state index in [-0.39, 0.29) is 6.04 Å². The molecule has 4 heteroatoms. The zero-order valence-corrected chi connectivity index (χ0v) is 37.3. The Morgan fingerprint density at radius 2 is 1.49 bits per heavy atom. The summed E-state index contributed by atoms with van der Waals surface area (Å²) in [5, 5.41) is 2.83. The second-order valence-electron chi connectivity index (χ2n) is 18.7. The quantitative estimate of drug-likeness (QED) is 0.179. The van der Waals surface area contributed by atoms with Crippen LogP contribution in [-0.4, -0.2) is 10.6 Å². The molecule has 320 valence electrons. The molecule has 6 aliphatic carbocycles. The average Bonchev–Trinajstić information content (AvgIpc) is 4.00. The van der Waals surface area contributed by atoms with Gasteiger partial charge in [-0.15, -0.1) is 0 Å². The SMILES string of the molecule is CC1C=CC(C2=CCC3C(=C2)c2cc(-c4ccccc4)ccc2N3c2cccc(-n3c4c(c5c3=CCCC=5)CCC=C4)c2)=CC1.Nc1ccc2c(c1)C1CC=CC=C1N2C1=CCCC=C1. The van der Waals surface area contributed by atoms with Gasteiger partial charge in [0.15, 0.2) is 0 Å². The first-order chi connectivity index (χ1) is 32.1. The highest BCUT2D eigenvalue weighted by Crippen LogP contribution is 2.51. The van der Waals surface area contributed by atoms with Crippen LogP contribution in [0.2, 0.25) is 0 Å². The predicted molar refractivity (Wildman–Crippen MR) is 274 cm³/mol. The molecule has 65 heavy (non-hydrogen) atoms. The number of rotatable bonds is 5.